The van der Waals surface area contributed by atoms with Gasteiger partial charge >= 0.3 is 0 Å². The Bertz CT molecular complexity index is 1190. The van der Waals surface area contributed by atoms with Crippen molar-refractivity contribution >= 4 is 23.2 Å². The number of nitrogens with zero attached hydrogens (tertiary/aromatic N) is 2. The van der Waals surface area contributed by atoms with E-state index in [0.29, 0.717) is 22.0 Å². The molecule has 0 bridgehead atoms. The lowest BCUT2D eigenvalue weighted by Crippen LogP contribution is -2.17. The lowest BCUT2D eigenvalue weighted by atomic mass is 10.1. The summed E-state index contributed by atoms with van der Waals surface area (Å²) in [7, 11) is 0. The van der Waals surface area contributed by atoms with Gasteiger partial charge in [0, 0.05) is 5.56 Å². The average molecular weight is 410 g/mol. The molecule has 4 rings (SSSR count). The first-order chi connectivity index (χ1) is 14.0. The lowest BCUT2D eigenvalue weighted by Gasteiger charge is -2.09. The third-order valence-corrected chi connectivity index (χ3v) is 4.61. The Kier molecular flexibility index (Phi) is 5.10. The first kappa shape index (κ1) is 18.8. The fourth-order valence-electron chi connectivity index (χ4n) is 2.87. The van der Waals surface area contributed by atoms with Crippen LogP contribution in [-0.4, -0.2) is 15.7 Å². The quantitative estimate of drug-likeness (QED) is 0.468. The smallest absolute Gasteiger partial charge is 0.274 e. The second-order valence-corrected chi connectivity index (χ2v) is 6.62. The molecule has 0 radical (unpaired) electrons. The van der Waals surface area contributed by atoms with E-state index in [2.05, 4.69) is 10.4 Å². The van der Waals surface area contributed by atoms with Crippen molar-refractivity contribution in [2.24, 2.45) is 0 Å². The standard InChI is InChI=1S/C22H14ClF2N3O/c23-17-6-2-1-5-16(17)20-13-21(22(29)26-19-8-4-3-7-18(19)25)28(27-20)15-11-9-14(24)10-12-15/h1-13H,(H,26,29). The molecule has 0 unspecified atom stereocenters. The van der Waals surface area contributed by atoms with Gasteiger partial charge in [-0.2, -0.15) is 5.10 Å². The number of carbonyl (C=O) groups excluding carboxylic acids is 1. The number of anilines is 1. The predicted octanol–water partition coefficient (Wildman–Crippen LogP) is 5.72. The van der Waals surface area contributed by atoms with E-state index in [1.165, 1.54) is 47.1 Å². The minimum atomic E-state index is -0.565. The largest absolute Gasteiger partial charge is 0.318 e. The molecule has 3 aromatic carbocycles. The van der Waals surface area contributed by atoms with E-state index in [1.54, 1.807) is 36.4 Å². The highest BCUT2D eigenvalue weighted by atomic mass is 35.5. The summed E-state index contributed by atoms with van der Waals surface area (Å²) in [6.07, 6.45) is 0. The maximum atomic E-state index is 14.0. The summed E-state index contributed by atoms with van der Waals surface area (Å²) < 4.78 is 28.7. The molecule has 0 saturated heterocycles. The van der Waals surface area contributed by atoms with Gasteiger partial charge in [-0.05, 0) is 48.5 Å². The van der Waals surface area contributed by atoms with E-state index < -0.39 is 17.5 Å². The van der Waals surface area contributed by atoms with E-state index in [4.69, 9.17) is 11.6 Å². The normalized spacial score (nSPS) is 10.7. The van der Waals surface area contributed by atoms with Crippen molar-refractivity contribution in [3.05, 3.63) is 101 Å². The Morgan fingerprint density at radius 3 is 2.34 bits per heavy atom. The van der Waals surface area contributed by atoms with E-state index in [-0.39, 0.29) is 11.4 Å². The van der Waals surface area contributed by atoms with Crippen LogP contribution in [0.15, 0.2) is 78.9 Å². The van der Waals surface area contributed by atoms with Crippen LogP contribution in [0.2, 0.25) is 5.02 Å². The Labute approximate surface area is 170 Å². The van der Waals surface area contributed by atoms with Crippen molar-refractivity contribution in [2.45, 2.75) is 0 Å². The first-order valence-corrected chi connectivity index (χ1v) is 9.07. The predicted molar refractivity (Wildman–Crippen MR) is 108 cm³/mol. The number of halogens is 3. The van der Waals surface area contributed by atoms with Crippen LogP contribution < -0.4 is 5.32 Å². The molecule has 0 aliphatic carbocycles. The molecule has 4 nitrogen and oxygen atoms in total. The Morgan fingerprint density at radius 1 is 0.931 bits per heavy atom. The van der Waals surface area contributed by atoms with Crippen LogP contribution in [-0.2, 0) is 0 Å². The highest BCUT2D eigenvalue weighted by Gasteiger charge is 2.20. The molecule has 29 heavy (non-hydrogen) atoms. The van der Waals surface area contributed by atoms with E-state index in [1.807, 2.05) is 0 Å². The van der Waals surface area contributed by atoms with E-state index in [0.717, 1.165) is 0 Å². The molecular formula is C22H14ClF2N3O. The molecule has 0 atom stereocenters. The van der Waals surface area contributed by atoms with Crippen LogP contribution in [0.5, 0.6) is 0 Å². The van der Waals surface area contributed by atoms with Gasteiger partial charge in [-0.1, -0.05) is 41.9 Å². The number of aromatic nitrogens is 2. The SMILES string of the molecule is O=C(Nc1ccccc1F)c1cc(-c2ccccc2Cl)nn1-c1ccc(F)cc1. The number of hydrogen-bond acceptors (Lipinski definition) is 2. The molecule has 4 aromatic rings. The van der Waals surface area contributed by atoms with Gasteiger partial charge in [0.25, 0.3) is 5.91 Å². The minimum absolute atomic E-state index is 0.0450. The van der Waals surface area contributed by atoms with Crippen molar-refractivity contribution in [2.75, 3.05) is 5.32 Å². The number of benzene rings is 3. The van der Waals surface area contributed by atoms with Crippen molar-refractivity contribution in [1.82, 2.24) is 9.78 Å². The number of hydrogen-bond donors (Lipinski definition) is 1. The fraction of sp³-hybridized carbons (Fsp3) is 0. The maximum absolute atomic E-state index is 14.0. The molecule has 144 valence electrons. The van der Waals surface area contributed by atoms with Crippen molar-refractivity contribution in [3.8, 4) is 16.9 Å². The van der Waals surface area contributed by atoms with Gasteiger partial charge in [-0.25, -0.2) is 13.5 Å². The Balaban J connectivity index is 1.80. The van der Waals surface area contributed by atoms with Crippen molar-refractivity contribution in [1.29, 1.82) is 0 Å². The monoisotopic (exact) mass is 409 g/mol. The van der Waals surface area contributed by atoms with Gasteiger partial charge in [0.15, 0.2) is 0 Å². The maximum Gasteiger partial charge on any atom is 0.274 e. The van der Waals surface area contributed by atoms with Gasteiger partial charge < -0.3 is 5.32 Å². The molecule has 1 aromatic heterocycles. The number of carbonyl (C=O) groups is 1. The summed E-state index contributed by atoms with van der Waals surface area (Å²) in [5.41, 5.74) is 1.76. The van der Waals surface area contributed by atoms with Gasteiger partial charge in [-0.15, -0.1) is 0 Å². The van der Waals surface area contributed by atoms with Gasteiger partial charge in [0.05, 0.1) is 22.1 Å². The van der Waals surface area contributed by atoms with E-state index in [9.17, 15) is 13.6 Å². The molecule has 0 fully saturated rings. The number of rotatable bonds is 4. The highest BCUT2D eigenvalue weighted by Crippen LogP contribution is 2.28. The first-order valence-electron chi connectivity index (χ1n) is 8.70. The Hall–Kier alpha value is -3.51. The second kappa shape index (κ2) is 7.85. The summed E-state index contributed by atoms with van der Waals surface area (Å²) in [6, 6.07) is 20.0. The molecule has 1 N–H and O–H groups in total. The van der Waals surface area contributed by atoms with Gasteiger partial charge in [0.2, 0.25) is 0 Å². The van der Waals surface area contributed by atoms with Crippen LogP contribution in [0.1, 0.15) is 10.5 Å². The average Bonchev–Trinajstić information content (AvgIpc) is 3.16. The third kappa shape index (κ3) is 3.88. The van der Waals surface area contributed by atoms with Crippen molar-refractivity contribution in [3.63, 3.8) is 0 Å². The molecule has 0 spiro atoms. The zero-order valence-electron chi connectivity index (χ0n) is 14.9. The fourth-order valence-corrected chi connectivity index (χ4v) is 3.10. The number of nitrogens with one attached hydrogen (secondary N) is 1. The van der Waals surface area contributed by atoms with Crippen LogP contribution in [0.3, 0.4) is 0 Å². The van der Waals surface area contributed by atoms with Gasteiger partial charge in [0.1, 0.15) is 17.3 Å². The summed E-state index contributed by atoms with van der Waals surface area (Å²) in [6.45, 7) is 0. The van der Waals surface area contributed by atoms with Crippen LogP contribution in [0, 0.1) is 11.6 Å². The van der Waals surface area contributed by atoms with Gasteiger partial charge in [-0.3, -0.25) is 4.79 Å². The molecule has 0 aliphatic rings. The van der Waals surface area contributed by atoms with Crippen LogP contribution in [0.4, 0.5) is 14.5 Å². The minimum Gasteiger partial charge on any atom is -0.318 e. The summed E-state index contributed by atoms with van der Waals surface area (Å²) >= 11 is 6.27. The zero-order valence-corrected chi connectivity index (χ0v) is 15.7. The molecule has 7 heteroatoms. The van der Waals surface area contributed by atoms with E-state index >= 15 is 0 Å². The third-order valence-electron chi connectivity index (χ3n) is 4.29. The summed E-state index contributed by atoms with van der Waals surface area (Å²) in [5, 5.41) is 7.50. The lowest BCUT2D eigenvalue weighted by molar-refractivity contribution is 0.101. The molecule has 1 heterocycles. The number of amides is 1. The summed E-state index contributed by atoms with van der Waals surface area (Å²) in [5.74, 6) is -1.53. The van der Waals surface area contributed by atoms with Crippen molar-refractivity contribution < 1.29 is 13.6 Å². The topological polar surface area (TPSA) is 46.9 Å². The summed E-state index contributed by atoms with van der Waals surface area (Å²) in [4.78, 5) is 12.9. The number of para-hydroxylation sites is 1. The molecule has 0 aliphatic heterocycles. The van der Waals surface area contributed by atoms with Crippen LogP contribution in [0.25, 0.3) is 16.9 Å². The Morgan fingerprint density at radius 2 is 1.62 bits per heavy atom. The second-order valence-electron chi connectivity index (χ2n) is 6.22. The molecule has 1 amide bonds. The highest BCUT2D eigenvalue weighted by molar-refractivity contribution is 6.33. The van der Waals surface area contributed by atoms with Crippen LogP contribution >= 0.6 is 11.6 Å². The molecule has 0 saturated carbocycles. The zero-order chi connectivity index (χ0) is 20.4. The molecular weight excluding hydrogens is 396 g/mol.